The third-order valence-corrected chi connectivity index (χ3v) is 2.72. The highest BCUT2D eigenvalue weighted by molar-refractivity contribution is 5.96. The Morgan fingerprint density at radius 2 is 1.64 bits per heavy atom. The fraction of sp³-hybridized carbons (Fsp3) is 0.133. The summed E-state index contributed by atoms with van der Waals surface area (Å²) in [6.45, 7) is 1.47. The highest BCUT2D eigenvalue weighted by Crippen LogP contribution is 2.31. The number of carbonyl (C=O) groups excluding carboxylic acids is 2. The maximum Gasteiger partial charge on any atom is 0.290 e. The van der Waals surface area contributed by atoms with Gasteiger partial charge in [-0.3, -0.25) is 9.59 Å². The van der Waals surface area contributed by atoms with Gasteiger partial charge in [0.1, 0.15) is 0 Å². The van der Waals surface area contributed by atoms with Crippen molar-refractivity contribution in [2.24, 2.45) is 0 Å². The Balaban J connectivity index is 0.00000242. The Kier molecular flexibility index (Phi) is 6.34. The number of hydrogen-bond donors (Lipinski definition) is 3. The van der Waals surface area contributed by atoms with Crippen molar-refractivity contribution in [3.63, 3.8) is 0 Å². The molecule has 2 aromatic rings. The van der Waals surface area contributed by atoms with Gasteiger partial charge in [0, 0.05) is 19.1 Å². The molecular formula is C15H16ClN3O3. The number of benzene rings is 1. The van der Waals surface area contributed by atoms with Gasteiger partial charge < -0.3 is 28.1 Å². The molecule has 0 aliphatic heterocycles. The molecule has 1 heterocycles. The minimum absolute atomic E-state index is 0. The smallest absolute Gasteiger partial charge is 0.290 e. The molecule has 1 aromatic heterocycles. The van der Waals surface area contributed by atoms with E-state index in [0.29, 0.717) is 0 Å². The van der Waals surface area contributed by atoms with Crippen molar-refractivity contribution in [2.75, 3.05) is 10.6 Å². The summed E-state index contributed by atoms with van der Waals surface area (Å²) < 4.78 is 1.71. The Hall–Kier alpha value is -2.60. The maximum atomic E-state index is 11.9. The quantitative estimate of drug-likeness (QED) is 0.463. The van der Waals surface area contributed by atoms with Crippen molar-refractivity contribution in [3.8, 4) is 5.75 Å². The highest BCUT2D eigenvalue weighted by atomic mass is 35.5. The van der Waals surface area contributed by atoms with Crippen LogP contribution in [-0.2, 0) is 16.1 Å². The number of nitrogens with one attached hydrogen (secondary N) is 2. The number of hydrogen-bond acceptors (Lipinski definition) is 3. The van der Waals surface area contributed by atoms with Crippen LogP contribution >= 0.6 is 0 Å². The topological polar surface area (TPSA) is 82.3 Å². The van der Waals surface area contributed by atoms with Gasteiger partial charge in [-0.05, 0) is 12.1 Å². The minimum Gasteiger partial charge on any atom is -1.00 e. The molecule has 116 valence electrons. The van der Waals surface area contributed by atoms with E-state index < -0.39 is 0 Å². The standard InChI is InChI=1S/C15H15N3O3.ClH/c1-11(19)16-12-6-5-7-13(15(12)21)17-14(20)10-18-8-3-2-4-9-18;/h2-9H,10H2,1H3,(H2-,16,17,19,20,21);1H. The number of amides is 2. The van der Waals surface area contributed by atoms with E-state index in [1.54, 1.807) is 35.2 Å². The second kappa shape index (κ2) is 7.99. The third kappa shape index (κ3) is 4.75. The van der Waals surface area contributed by atoms with Crippen LogP contribution in [0.25, 0.3) is 0 Å². The number of aromatic hydroxyl groups is 1. The van der Waals surface area contributed by atoms with Crippen LogP contribution in [-0.4, -0.2) is 16.9 Å². The fourth-order valence-corrected chi connectivity index (χ4v) is 1.83. The van der Waals surface area contributed by atoms with Gasteiger partial charge in [-0.25, -0.2) is 0 Å². The number of carbonyl (C=O) groups is 2. The lowest BCUT2D eigenvalue weighted by molar-refractivity contribution is -0.684. The summed E-state index contributed by atoms with van der Waals surface area (Å²) in [4.78, 5) is 23.0. The Morgan fingerprint density at radius 1 is 1.05 bits per heavy atom. The van der Waals surface area contributed by atoms with E-state index in [0.717, 1.165) is 0 Å². The van der Waals surface area contributed by atoms with Crippen LogP contribution in [0.2, 0.25) is 0 Å². The molecule has 0 aliphatic carbocycles. The van der Waals surface area contributed by atoms with Crippen molar-refractivity contribution in [2.45, 2.75) is 13.5 Å². The van der Waals surface area contributed by atoms with Crippen LogP contribution in [0.3, 0.4) is 0 Å². The molecule has 3 N–H and O–H groups in total. The SMILES string of the molecule is CC(=O)Nc1cccc(NC(=O)C[n+]2ccccc2)c1O.[Cl-]. The molecule has 2 rings (SSSR count). The van der Waals surface area contributed by atoms with Crippen LogP contribution in [0, 0.1) is 0 Å². The average Bonchev–Trinajstić information content (AvgIpc) is 2.44. The van der Waals surface area contributed by atoms with Crippen LogP contribution in [0.1, 0.15) is 6.92 Å². The second-order valence-corrected chi connectivity index (χ2v) is 4.48. The summed E-state index contributed by atoms with van der Waals surface area (Å²) in [6.07, 6.45) is 3.54. The van der Waals surface area contributed by atoms with Gasteiger partial charge in [0.15, 0.2) is 18.1 Å². The molecule has 0 spiro atoms. The van der Waals surface area contributed by atoms with E-state index in [9.17, 15) is 14.7 Å². The van der Waals surface area contributed by atoms with Crippen molar-refractivity contribution < 1.29 is 31.7 Å². The zero-order valence-corrected chi connectivity index (χ0v) is 12.7. The molecule has 0 unspecified atom stereocenters. The molecule has 0 bridgehead atoms. The lowest BCUT2D eigenvalue weighted by Gasteiger charge is -2.10. The lowest BCUT2D eigenvalue weighted by Crippen LogP contribution is -3.00. The first-order chi connectivity index (χ1) is 10.1. The normalized spacial score (nSPS) is 9.50. The number of nitrogens with zero attached hydrogens (tertiary/aromatic N) is 1. The van der Waals surface area contributed by atoms with Crippen molar-refractivity contribution in [3.05, 3.63) is 48.8 Å². The van der Waals surface area contributed by atoms with Crippen LogP contribution in [0.5, 0.6) is 5.75 Å². The first kappa shape index (κ1) is 17.5. The zero-order chi connectivity index (χ0) is 15.2. The van der Waals surface area contributed by atoms with Crippen molar-refractivity contribution in [1.82, 2.24) is 0 Å². The highest BCUT2D eigenvalue weighted by Gasteiger charge is 2.13. The van der Waals surface area contributed by atoms with E-state index in [1.165, 1.54) is 6.92 Å². The molecule has 22 heavy (non-hydrogen) atoms. The van der Waals surface area contributed by atoms with E-state index in [4.69, 9.17) is 0 Å². The molecule has 0 saturated carbocycles. The van der Waals surface area contributed by atoms with E-state index in [2.05, 4.69) is 10.6 Å². The monoisotopic (exact) mass is 321 g/mol. The molecule has 0 aliphatic rings. The second-order valence-electron chi connectivity index (χ2n) is 4.48. The van der Waals surface area contributed by atoms with Gasteiger partial charge in [-0.2, -0.15) is 4.57 Å². The molecule has 0 radical (unpaired) electrons. The minimum atomic E-state index is -0.298. The number of aromatic nitrogens is 1. The number of phenols is 1. The number of rotatable bonds is 4. The van der Waals surface area contributed by atoms with Gasteiger partial charge in [0.05, 0.1) is 11.4 Å². The predicted octanol–water partition coefficient (Wildman–Crippen LogP) is -1.72. The van der Waals surface area contributed by atoms with Gasteiger partial charge in [0.2, 0.25) is 12.5 Å². The number of para-hydroxylation sites is 1. The van der Waals surface area contributed by atoms with E-state index in [1.807, 2.05) is 18.2 Å². The largest absolute Gasteiger partial charge is 1.00 e. The first-order valence-electron chi connectivity index (χ1n) is 6.40. The number of pyridine rings is 1. The molecule has 7 heteroatoms. The molecule has 2 amide bonds. The summed E-state index contributed by atoms with van der Waals surface area (Å²) in [5, 5.41) is 15.1. The molecule has 0 atom stereocenters. The van der Waals surface area contributed by atoms with Crippen LogP contribution in [0.15, 0.2) is 48.8 Å². The Bertz CT molecular complexity index is 662. The molecule has 0 fully saturated rings. The maximum absolute atomic E-state index is 11.9. The van der Waals surface area contributed by atoms with Crippen molar-refractivity contribution >= 4 is 23.2 Å². The van der Waals surface area contributed by atoms with Crippen LogP contribution in [0.4, 0.5) is 11.4 Å². The molecular weight excluding hydrogens is 306 g/mol. The van der Waals surface area contributed by atoms with Gasteiger partial charge in [-0.15, -0.1) is 0 Å². The van der Waals surface area contributed by atoms with Gasteiger partial charge in [0.25, 0.3) is 5.91 Å². The summed E-state index contributed by atoms with van der Waals surface area (Å²) in [7, 11) is 0. The zero-order valence-electron chi connectivity index (χ0n) is 11.9. The van der Waals surface area contributed by atoms with E-state index >= 15 is 0 Å². The number of anilines is 2. The first-order valence-corrected chi connectivity index (χ1v) is 6.40. The summed E-state index contributed by atoms with van der Waals surface area (Å²) in [5.41, 5.74) is 0.510. The molecule has 1 aromatic carbocycles. The van der Waals surface area contributed by atoms with Crippen LogP contribution < -0.4 is 27.6 Å². The summed E-state index contributed by atoms with van der Waals surface area (Å²) in [5.74, 6) is -0.741. The summed E-state index contributed by atoms with van der Waals surface area (Å²) >= 11 is 0. The van der Waals surface area contributed by atoms with Gasteiger partial charge in [-0.1, -0.05) is 12.1 Å². The number of halogens is 1. The fourth-order valence-electron chi connectivity index (χ4n) is 1.83. The summed E-state index contributed by atoms with van der Waals surface area (Å²) in [6, 6.07) is 10.3. The van der Waals surface area contributed by atoms with E-state index in [-0.39, 0.29) is 47.9 Å². The average molecular weight is 322 g/mol. The molecule has 6 nitrogen and oxygen atoms in total. The van der Waals surface area contributed by atoms with Gasteiger partial charge >= 0.3 is 0 Å². The Morgan fingerprint density at radius 3 is 2.23 bits per heavy atom. The predicted molar refractivity (Wildman–Crippen MR) is 77.7 cm³/mol. The van der Waals surface area contributed by atoms with Crippen molar-refractivity contribution in [1.29, 1.82) is 0 Å². The number of phenolic OH excluding ortho intramolecular Hbond substituents is 1. The Labute approximate surface area is 134 Å². The third-order valence-electron chi connectivity index (χ3n) is 2.72. The lowest BCUT2D eigenvalue weighted by atomic mass is 10.2. The molecule has 0 saturated heterocycles.